The maximum atomic E-state index is 12.8. The number of Topliss-reactive ketones (excluding diaryl/α,β-unsaturated/α-hetero) is 1. The minimum absolute atomic E-state index is 0.128. The van der Waals surface area contributed by atoms with Gasteiger partial charge >= 0.3 is 0 Å². The fourth-order valence-electron chi connectivity index (χ4n) is 2.85. The zero-order valence-electron chi connectivity index (χ0n) is 13.0. The molecule has 1 heterocycles. The van der Waals surface area contributed by atoms with Gasteiger partial charge in [0.05, 0.1) is 5.69 Å². The molecule has 0 aliphatic carbocycles. The summed E-state index contributed by atoms with van der Waals surface area (Å²) in [6.45, 7) is 0.798. The van der Waals surface area contributed by atoms with Gasteiger partial charge in [0, 0.05) is 43.7 Å². The zero-order valence-corrected chi connectivity index (χ0v) is 13.0. The SMILES string of the molecule is CN(C)/C=C1/CCN(c2ccccc2)c2ccccc2C1=O. The summed E-state index contributed by atoms with van der Waals surface area (Å²) in [5.74, 6) is 0.128. The van der Waals surface area contributed by atoms with Crippen LogP contribution in [0.3, 0.4) is 0 Å². The van der Waals surface area contributed by atoms with Crippen molar-refractivity contribution >= 4 is 17.2 Å². The standard InChI is InChI=1S/C19H20N2O/c1-20(2)14-15-12-13-21(16-8-4-3-5-9-16)18-11-7-6-10-17(18)19(15)22/h3-11,14H,12-13H2,1-2H3/b15-14-. The number of hydrogen-bond acceptors (Lipinski definition) is 3. The fourth-order valence-corrected chi connectivity index (χ4v) is 2.85. The van der Waals surface area contributed by atoms with Crippen molar-refractivity contribution in [3.8, 4) is 0 Å². The summed E-state index contributed by atoms with van der Waals surface area (Å²) in [5.41, 5.74) is 3.74. The Morgan fingerprint density at radius 3 is 2.41 bits per heavy atom. The fraction of sp³-hybridized carbons (Fsp3) is 0.211. The number of nitrogens with zero attached hydrogens (tertiary/aromatic N) is 2. The summed E-state index contributed by atoms with van der Waals surface area (Å²) >= 11 is 0. The van der Waals surface area contributed by atoms with Crippen LogP contribution >= 0.6 is 0 Å². The molecule has 0 bridgehead atoms. The highest BCUT2D eigenvalue weighted by molar-refractivity contribution is 6.13. The average Bonchev–Trinajstić information content (AvgIpc) is 2.66. The summed E-state index contributed by atoms with van der Waals surface area (Å²) in [7, 11) is 3.90. The third-order valence-electron chi connectivity index (χ3n) is 3.82. The third-order valence-corrected chi connectivity index (χ3v) is 3.82. The number of carbonyl (C=O) groups is 1. The second-order valence-electron chi connectivity index (χ2n) is 5.70. The Kier molecular flexibility index (Phi) is 3.96. The molecule has 0 spiro atoms. The summed E-state index contributed by atoms with van der Waals surface area (Å²) in [5, 5.41) is 0. The number of hydrogen-bond donors (Lipinski definition) is 0. The Bertz CT molecular complexity index is 704. The minimum Gasteiger partial charge on any atom is -0.383 e. The van der Waals surface area contributed by atoms with Gasteiger partial charge < -0.3 is 9.80 Å². The zero-order chi connectivity index (χ0) is 15.5. The van der Waals surface area contributed by atoms with E-state index in [4.69, 9.17) is 0 Å². The topological polar surface area (TPSA) is 23.6 Å². The van der Waals surface area contributed by atoms with E-state index in [0.29, 0.717) is 0 Å². The molecule has 22 heavy (non-hydrogen) atoms. The molecule has 112 valence electrons. The van der Waals surface area contributed by atoms with Crippen LogP contribution in [0.15, 0.2) is 66.4 Å². The Morgan fingerprint density at radius 2 is 1.68 bits per heavy atom. The predicted molar refractivity (Wildman–Crippen MR) is 90.6 cm³/mol. The number of carbonyl (C=O) groups excluding carboxylic acids is 1. The van der Waals surface area contributed by atoms with Crippen molar-refractivity contribution < 1.29 is 4.79 Å². The van der Waals surface area contributed by atoms with E-state index >= 15 is 0 Å². The lowest BCUT2D eigenvalue weighted by atomic mass is 10.0. The molecular weight excluding hydrogens is 272 g/mol. The van der Waals surface area contributed by atoms with E-state index in [0.717, 1.165) is 35.5 Å². The molecule has 0 radical (unpaired) electrons. The van der Waals surface area contributed by atoms with E-state index in [1.165, 1.54) is 0 Å². The van der Waals surface area contributed by atoms with Crippen LogP contribution < -0.4 is 4.90 Å². The van der Waals surface area contributed by atoms with Gasteiger partial charge in [-0.25, -0.2) is 0 Å². The van der Waals surface area contributed by atoms with Crippen molar-refractivity contribution in [2.45, 2.75) is 6.42 Å². The van der Waals surface area contributed by atoms with Crippen LogP contribution in [0.2, 0.25) is 0 Å². The first-order valence-electron chi connectivity index (χ1n) is 7.50. The normalized spacial score (nSPS) is 16.4. The molecule has 1 aliphatic heterocycles. The van der Waals surface area contributed by atoms with Gasteiger partial charge in [0.25, 0.3) is 0 Å². The van der Waals surface area contributed by atoms with Crippen molar-refractivity contribution in [1.29, 1.82) is 0 Å². The summed E-state index contributed by atoms with van der Waals surface area (Å²) in [4.78, 5) is 17.0. The van der Waals surface area contributed by atoms with Gasteiger partial charge in [0.1, 0.15) is 0 Å². The van der Waals surface area contributed by atoms with E-state index in [2.05, 4.69) is 17.0 Å². The van der Waals surface area contributed by atoms with E-state index in [1.54, 1.807) is 0 Å². The molecule has 0 saturated carbocycles. The van der Waals surface area contributed by atoms with E-state index in [9.17, 15) is 4.79 Å². The Balaban J connectivity index is 2.10. The maximum Gasteiger partial charge on any atom is 0.192 e. The molecule has 0 N–H and O–H groups in total. The third kappa shape index (κ3) is 2.75. The minimum atomic E-state index is 0.128. The van der Waals surface area contributed by atoms with Gasteiger partial charge in [0.15, 0.2) is 5.78 Å². The first kappa shape index (κ1) is 14.4. The van der Waals surface area contributed by atoms with Crippen LogP contribution in [0, 0.1) is 0 Å². The van der Waals surface area contributed by atoms with Crippen LogP contribution in [0.25, 0.3) is 0 Å². The van der Waals surface area contributed by atoms with Crippen molar-refractivity contribution in [3.05, 3.63) is 71.9 Å². The van der Waals surface area contributed by atoms with Crippen LogP contribution in [0.1, 0.15) is 16.8 Å². The molecule has 0 unspecified atom stereocenters. The van der Waals surface area contributed by atoms with Gasteiger partial charge in [-0.1, -0.05) is 30.3 Å². The lowest BCUT2D eigenvalue weighted by molar-refractivity contribution is 0.103. The number of rotatable bonds is 2. The molecule has 3 nitrogen and oxygen atoms in total. The maximum absolute atomic E-state index is 12.8. The van der Waals surface area contributed by atoms with Gasteiger partial charge in [-0.15, -0.1) is 0 Å². The number of para-hydroxylation sites is 2. The molecule has 0 aromatic heterocycles. The molecule has 0 fully saturated rings. The number of fused-ring (bicyclic) bond motifs is 1. The molecule has 3 rings (SSSR count). The molecule has 1 aliphatic rings. The molecule has 0 saturated heterocycles. The van der Waals surface area contributed by atoms with Crippen LogP contribution in [-0.4, -0.2) is 31.3 Å². The average molecular weight is 292 g/mol. The monoisotopic (exact) mass is 292 g/mol. The number of ketones is 1. The first-order chi connectivity index (χ1) is 10.7. The molecule has 0 amide bonds. The number of benzene rings is 2. The van der Waals surface area contributed by atoms with E-state index in [-0.39, 0.29) is 5.78 Å². The van der Waals surface area contributed by atoms with Crippen LogP contribution in [0.5, 0.6) is 0 Å². The molecule has 2 aromatic carbocycles. The molecule has 0 atom stereocenters. The second kappa shape index (κ2) is 6.06. The number of anilines is 2. The van der Waals surface area contributed by atoms with E-state index < -0.39 is 0 Å². The van der Waals surface area contributed by atoms with E-state index in [1.807, 2.05) is 67.7 Å². The van der Waals surface area contributed by atoms with Gasteiger partial charge in [0.2, 0.25) is 0 Å². The van der Waals surface area contributed by atoms with Crippen molar-refractivity contribution in [3.63, 3.8) is 0 Å². The largest absolute Gasteiger partial charge is 0.383 e. The Hall–Kier alpha value is -2.55. The summed E-state index contributed by atoms with van der Waals surface area (Å²) < 4.78 is 0. The molecule has 2 aromatic rings. The van der Waals surface area contributed by atoms with Gasteiger partial charge in [-0.3, -0.25) is 4.79 Å². The lowest BCUT2D eigenvalue weighted by Gasteiger charge is -2.24. The summed E-state index contributed by atoms with van der Waals surface area (Å²) in [6, 6.07) is 18.1. The Morgan fingerprint density at radius 1 is 1.00 bits per heavy atom. The highest BCUT2D eigenvalue weighted by atomic mass is 16.1. The predicted octanol–water partition coefficient (Wildman–Crippen LogP) is 3.86. The van der Waals surface area contributed by atoms with Crippen LogP contribution in [0.4, 0.5) is 11.4 Å². The second-order valence-corrected chi connectivity index (χ2v) is 5.70. The quantitative estimate of drug-likeness (QED) is 0.785. The van der Waals surface area contributed by atoms with Crippen molar-refractivity contribution in [2.75, 3.05) is 25.5 Å². The van der Waals surface area contributed by atoms with Crippen molar-refractivity contribution in [2.24, 2.45) is 0 Å². The van der Waals surface area contributed by atoms with Crippen molar-refractivity contribution in [1.82, 2.24) is 4.90 Å². The molecule has 3 heteroatoms. The van der Waals surface area contributed by atoms with Crippen LogP contribution in [-0.2, 0) is 0 Å². The summed E-state index contributed by atoms with van der Waals surface area (Å²) in [6.07, 6.45) is 2.67. The highest BCUT2D eigenvalue weighted by Gasteiger charge is 2.24. The first-order valence-corrected chi connectivity index (χ1v) is 7.50. The Labute approximate surface area is 131 Å². The highest BCUT2D eigenvalue weighted by Crippen LogP contribution is 2.33. The molecular formula is C19H20N2O. The van der Waals surface area contributed by atoms with Gasteiger partial charge in [-0.2, -0.15) is 0 Å². The van der Waals surface area contributed by atoms with Gasteiger partial charge in [-0.05, 0) is 30.7 Å². The smallest absolute Gasteiger partial charge is 0.192 e. The lowest BCUT2D eigenvalue weighted by Crippen LogP contribution is -2.17.